The lowest BCUT2D eigenvalue weighted by atomic mass is 9.91. The normalized spacial score (nSPS) is 11.7. The van der Waals surface area contributed by atoms with Crippen molar-refractivity contribution >= 4 is 33.2 Å². The second kappa shape index (κ2) is 8.12. The number of hydrogen-bond donors (Lipinski definition) is 2. The van der Waals surface area contributed by atoms with E-state index < -0.39 is 0 Å². The highest BCUT2D eigenvalue weighted by atomic mass is 14.9. The molecule has 0 amide bonds. The molecular weight excluding hydrogens is 390 g/mol. The minimum absolute atomic E-state index is 0.154. The molecule has 0 aliphatic carbocycles. The molecule has 3 nitrogen and oxygen atoms in total. The van der Waals surface area contributed by atoms with Crippen molar-refractivity contribution in [2.75, 3.05) is 0 Å². The Morgan fingerprint density at radius 1 is 0.688 bits per heavy atom. The van der Waals surface area contributed by atoms with Crippen LogP contribution in [0.5, 0.6) is 0 Å². The van der Waals surface area contributed by atoms with Gasteiger partial charge in [-0.1, -0.05) is 84.9 Å². The predicted molar refractivity (Wildman–Crippen MR) is 136 cm³/mol. The summed E-state index contributed by atoms with van der Waals surface area (Å²) in [4.78, 5) is 4.38. The Bertz CT molecular complexity index is 1500. The zero-order chi connectivity index (χ0) is 22.1. The van der Waals surface area contributed by atoms with Crippen LogP contribution in [0.15, 0.2) is 108 Å². The smallest absolute Gasteiger partial charge is 0.154 e. The summed E-state index contributed by atoms with van der Waals surface area (Å²) in [6.07, 6.45) is 0. The standard InChI is InChI=1S/C29H23N3/c1-19-15-22(17-23(16-19)29(31)32-28(30)20-9-3-2-4-10-20)27-18-21-11-5-6-12-24(21)25-13-7-8-14-26(25)27/h2-18H,1H3,(H3,30,31,32). The molecule has 3 heteroatoms. The fraction of sp³-hybridized carbons (Fsp3) is 0.0345. The molecule has 0 fully saturated rings. The zero-order valence-electron chi connectivity index (χ0n) is 17.8. The van der Waals surface area contributed by atoms with E-state index in [4.69, 9.17) is 11.1 Å². The second-order valence-corrected chi connectivity index (χ2v) is 7.99. The van der Waals surface area contributed by atoms with Crippen LogP contribution in [0, 0.1) is 12.3 Å². The Labute approximate surface area is 187 Å². The molecule has 5 aromatic rings. The molecule has 0 aliphatic heterocycles. The summed E-state index contributed by atoms with van der Waals surface area (Å²) in [5, 5.41) is 13.5. The van der Waals surface area contributed by atoms with Gasteiger partial charge >= 0.3 is 0 Å². The molecule has 0 aromatic heterocycles. The van der Waals surface area contributed by atoms with E-state index in [1.165, 1.54) is 21.5 Å². The number of fused-ring (bicyclic) bond motifs is 3. The molecule has 0 unspecified atom stereocenters. The average Bonchev–Trinajstić information content (AvgIpc) is 2.83. The minimum atomic E-state index is 0.154. The van der Waals surface area contributed by atoms with E-state index in [-0.39, 0.29) is 5.84 Å². The molecule has 3 N–H and O–H groups in total. The Morgan fingerprint density at radius 3 is 2.12 bits per heavy atom. The third kappa shape index (κ3) is 3.65. The van der Waals surface area contributed by atoms with Crippen LogP contribution in [-0.2, 0) is 0 Å². The van der Waals surface area contributed by atoms with Crippen molar-refractivity contribution in [3.63, 3.8) is 0 Å². The number of nitrogens with one attached hydrogen (secondary N) is 1. The number of nitrogens with two attached hydrogens (primary N) is 1. The first-order chi connectivity index (χ1) is 15.6. The Morgan fingerprint density at radius 2 is 1.34 bits per heavy atom. The van der Waals surface area contributed by atoms with Gasteiger partial charge in [-0.3, -0.25) is 5.41 Å². The van der Waals surface area contributed by atoms with Crippen LogP contribution in [0.2, 0.25) is 0 Å². The van der Waals surface area contributed by atoms with Crippen molar-refractivity contribution in [3.05, 3.63) is 120 Å². The zero-order valence-corrected chi connectivity index (χ0v) is 17.8. The van der Waals surface area contributed by atoms with Gasteiger partial charge in [0.05, 0.1) is 0 Å². The van der Waals surface area contributed by atoms with Gasteiger partial charge in [-0.05, 0) is 63.4 Å². The molecule has 154 valence electrons. The maximum Gasteiger partial charge on any atom is 0.154 e. The highest BCUT2D eigenvalue weighted by molar-refractivity contribution is 6.14. The number of nitrogens with zero attached hydrogens (tertiary/aromatic N) is 1. The second-order valence-electron chi connectivity index (χ2n) is 7.99. The van der Waals surface area contributed by atoms with E-state index in [2.05, 4.69) is 65.7 Å². The maximum atomic E-state index is 8.59. The monoisotopic (exact) mass is 413 g/mol. The molecule has 0 radical (unpaired) electrons. The van der Waals surface area contributed by atoms with Gasteiger partial charge in [0.15, 0.2) is 5.84 Å². The SMILES string of the molecule is Cc1cc(C(=N)N=C(N)c2ccccc2)cc(-c2cc3ccccc3c3ccccc23)c1. The molecule has 0 bridgehead atoms. The van der Waals surface area contributed by atoms with Crippen molar-refractivity contribution in [3.8, 4) is 11.1 Å². The van der Waals surface area contributed by atoms with Gasteiger partial charge in [-0.2, -0.15) is 0 Å². The highest BCUT2D eigenvalue weighted by Gasteiger charge is 2.11. The molecule has 5 aromatic carbocycles. The number of aryl methyl sites for hydroxylation is 1. The van der Waals surface area contributed by atoms with Crippen LogP contribution in [0.3, 0.4) is 0 Å². The molecule has 32 heavy (non-hydrogen) atoms. The number of hydrogen-bond acceptors (Lipinski definition) is 1. The molecular formula is C29H23N3. The molecule has 5 rings (SSSR count). The van der Waals surface area contributed by atoms with E-state index in [0.717, 1.165) is 27.8 Å². The summed E-state index contributed by atoms with van der Waals surface area (Å²) in [5.41, 5.74) is 11.0. The Balaban J connectivity index is 1.65. The van der Waals surface area contributed by atoms with E-state index in [1.54, 1.807) is 0 Å². The van der Waals surface area contributed by atoms with E-state index in [0.29, 0.717) is 5.84 Å². The lowest BCUT2D eigenvalue weighted by Crippen LogP contribution is -2.15. The van der Waals surface area contributed by atoms with Crippen molar-refractivity contribution in [2.24, 2.45) is 10.7 Å². The Kier molecular flexibility index (Phi) is 5.00. The van der Waals surface area contributed by atoms with Gasteiger partial charge in [0.1, 0.15) is 5.84 Å². The molecule has 0 spiro atoms. The quantitative estimate of drug-likeness (QED) is 0.193. The number of rotatable bonds is 3. The lowest BCUT2D eigenvalue weighted by Gasteiger charge is -2.13. The van der Waals surface area contributed by atoms with Crippen molar-refractivity contribution in [2.45, 2.75) is 6.92 Å². The molecule has 0 saturated heterocycles. The van der Waals surface area contributed by atoms with E-state index in [9.17, 15) is 0 Å². The van der Waals surface area contributed by atoms with Crippen LogP contribution in [0.25, 0.3) is 32.7 Å². The van der Waals surface area contributed by atoms with E-state index >= 15 is 0 Å². The third-order valence-electron chi connectivity index (χ3n) is 5.73. The molecule has 0 saturated carbocycles. The van der Waals surface area contributed by atoms with Crippen molar-refractivity contribution < 1.29 is 0 Å². The van der Waals surface area contributed by atoms with Gasteiger partial charge in [0.2, 0.25) is 0 Å². The predicted octanol–water partition coefficient (Wildman–Crippen LogP) is 6.70. The Hall–Kier alpha value is -4.24. The molecule has 0 heterocycles. The molecule has 0 atom stereocenters. The summed E-state index contributed by atoms with van der Waals surface area (Å²) in [7, 11) is 0. The summed E-state index contributed by atoms with van der Waals surface area (Å²) in [6.45, 7) is 2.05. The summed E-state index contributed by atoms with van der Waals surface area (Å²) in [6, 6.07) is 34.9. The van der Waals surface area contributed by atoms with Crippen LogP contribution >= 0.6 is 0 Å². The van der Waals surface area contributed by atoms with Crippen LogP contribution in [-0.4, -0.2) is 11.7 Å². The first-order valence-electron chi connectivity index (χ1n) is 10.6. The first-order valence-corrected chi connectivity index (χ1v) is 10.6. The lowest BCUT2D eigenvalue weighted by molar-refractivity contribution is 1.37. The first kappa shape index (κ1) is 19.7. The van der Waals surface area contributed by atoms with Gasteiger partial charge in [-0.15, -0.1) is 0 Å². The molecule has 0 aliphatic rings. The van der Waals surface area contributed by atoms with Crippen molar-refractivity contribution in [1.82, 2.24) is 0 Å². The third-order valence-corrected chi connectivity index (χ3v) is 5.73. The van der Waals surface area contributed by atoms with Gasteiger partial charge in [-0.25, -0.2) is 4.99 Å². The van der Waals surface area contributed by atoms with E-state index in [1.807, 2.05) is 49.4 Å². The summed E-state index contributed by atoms with van der Waals surface area (Å²) < 4.78 is 0. The average molecular weight is 414 g/mol. The fourth-order valence-electron chi connectivity index (χ4n) is 4.23. The number of aliphatic imine (C=N–C) groups is 1. The fourth-order valence-corrected chi connectivity index (χ4v) is 4.23. The van der Waals surface area contributed by atoms with Gasteiger partial charge in [0.25, 0.3) is 0 Å². The summed E-state index contributed by atoms with van der Waals surface area (Å²) in [5.74, 6) is 0.496. The van der Waals surface area contributed by atoms with Gasteiger partial charge < -0.3 is 5.73 Å². The van der Waals surface area contributed by atoms with Crippen LogP contribution in [0.1, 0.15) is 16.7 Å². The topological polar surface area (TPSA) is 62.2 Å². The largest absolute Gasteiger partial charge is 0.383 e. The number of amidine groups is 2. The van der Waals surface area contributed by atoms with Crippen LogP contribution in [0.4, 0.5) is 0 Å². The van der Waals surface area contributed by atoms with Crippen molar-refractivity contribution in [1.29, 1.82) is 5.41 Å². The summed E-state index contributed by atoms with van der Waals surface area (Å²) >= 11 is 0. The minimum Gasteiger partial charge on any atom is -0.383 e. The number of benzene rings is 5. The maximum absolute atomic E-state index is 8.59. The van der Waals surface area contributed by atoms with Crippen LogP contribution < -0.4 is 5.73 Å². The van der Waals surface area contributed by atoms with Gasteiger partial charge in [0, 0.05) is 11.1 Å². The highest BCUT2D eigenvalue weighted by Crippen LogP contribution is 2.35.